The Balaban J connectivity index is 2.03. The molecule has 2 heteroatoms. The maximum Gasteiger partial charge on any atom is 0.155 e. The zero-order valence-corrected chi connectivity index (χ0v) is 10.1. The number of hydrogen-bond acceptors (Lipinski definition) is 2. The van der Waals surface area contributed by atoms with Crippen molar-refractivity contribution in [2.45, 2.75) is 26.7 Å². The summed E-state index contributed by atoms with van der Waals surface area (Å²) in [6, 6.07) is 8.39. The Hall–Kier alpha value is -1.31. The molecule has 0 heterocycles. The quantitative estimate of drug-likeness (QED) is 0.756. The average molecular weight is 217 g/mol. The smallest absolute Gasteiger partial charge is 0.155 e. The fourth-order valence-electron chi connectivity index (χ4n) is 1.86. The van der Waals surface area contributed by atoms with E-state index in [1.807, 2.05) is 0 Å². The van der Waals surface area contributed by atoms with Crippen LogP contribution in [0, 0.1) is 12.8 Å². The van der Waals surface area contributed by atoms with Crippen LogP contribution in [0.1, 0.15) is 25.3 Å². The number of likely N-dealkylation sites (N-methyl/N-ethyl adjacent to an activating group) is 1. The van der Waals surface area contributed by atoms with Crippen molar-refractivity contribution in [1.29, 1.82) is 0 Å². The fourth-order valence-corrected chi connectivity index (χ4v) is 1.86. The molecule has 0 saturated heterocycles. The second-order valence-electron chi connectivity index (χ2n) is 4.59. The van der Waals surface area contributed by atoms with E-state index in [1.54, 1.807) is 0 Å². The van der Waals surface area contributed by atoms with E-state index < -0.39 is 0 Å². The minimum absolute atomic E-state index is 0.361. The average Bonchev–Trinajstić information content (AvgIpc) is 3.11. The van der Waals surface area contributed by atoms with Crippen molar-refractivity contribution in [3.05, 3.63) is 29.8 Å². The number of ketones is 1. The second kappa shape index (κ2) is 4.69. The van der Waals surface area contributed by atoms with E-state index in [2.05, 4.69) is 43.0 Å². The number of Topliss-reactive ketones (excluding diaryl/α,β-unsaturated/α-hetero) is 1. The van der Waals surface area contributed by atoms with E-state index in [4.69, 9.17) is 0 Å². The molecule has 16 heavy (non-hydrogen) atoms. The van der Waals surface area contributed by atoms with E-state index >= 15 is 0 Å². The number of anilines is 1. The third-order valence-corrected chi connectivity index (χ3v) is 3.16. The van der Waals surface area contributed by atoms with Crippen LogP contribution in [0.25, 0.3) is 0 Å². The first-order valence-corrected chi connectivity index (χ1v) is 6.05. The SMILES string of the molecule is CCN(CC(=O)C1CC1)c1ccc(C)cc1. The number of nitrogens with zero attached hydrogens (tertiary/aromatic N) is 1. The molecule has 0 N–H and O–H groups in total. The summed E-state index contributed by atoms with van der Waals surface area (Å²) in [5, 5.41) is 0. The maximum absolute atomic E-state index is 11.8. The first-order valence-electron chi connectivity index (χ1n) is 6.05. The molecule has 1 fully saturated rings. The highest BCUT2D eigenvalue weighted by Gasteiger charge is 2.30. The number of carbonyl (C=O) groups excluding carboxylic acids is 1. The molecule has 2 nitrogen and oxygen atoms in total. The summed E-state index contributed by atoms with van der Waals surface area (Å²) in [6.45, 7) is 5.64. The number of carbonyl (C=O) groups is 1. The number of hydrogen-bond donors (Lipinski definition) is 0. The Morgan fingerprint density at radius 1 is 1.31 bits per heavy atom. The van der Waals surface area contributed by atoms with Gasteiger partial charge in [0.05, 0.1) is 6.54 Å². The standard InChI is InChI=1S/C14H19NO/c1-3-15(10-14(16)12-6-7-12)13-8-4-11(2)5-9-13/h4-5,8-9,12H,3,6-7,10H2,1-2H3. The first kappa shape index (κ1) is 11.2. The lowest BCUT2D eigenvalue weighted by Crippen LogP contribution is -2.30. The normalized spacial score (nSPS) is 14.9. The third kappa shape index (κ3) is 2.63. The van der Waals surface area contributed by atoms with Gasteiger partial charge in [-0.1, -0.05) is 17.7 Å². The second-order valence-corrected chi connectivity index (χ2v) is 4.59. The van der Waals surface area contributed by atoms with Crippen LogP contribution in [0.2, 0.25) is 0 Å². The topological polar surface area (TPSA) is 20.3 Å². The van der Waals surface area contributed by atoms with Crippen molar-refractivity contribution in [2.24, 2.45) is 5.92 Å². The molecule has 0 amide bonds. The summed E-state index contributed by atoms with van der Waals surface area (Å²) in [7, 11) is 0. The van der Waals surface area contributed by atoms with Crippen LogP contribution in [0.4, 0.5) is 5.69 Å². The Morgan fingerprint density at radius 2 is 1.94 bits per heavy atom. The third-order valence-electron chi connectivity index (χ3n) is 3.16. The molecule has 1 saturated carbocycles. The molecule has 0 aliphatic heterocycles. The van der Waals surface area contributed by atoms with E-state index in [1.165, 1.54) is 5.56 Å². The van der Waals surface area contributed by atoms with Crippen molar-refractivity contribution in [3.63, 3.8) is 0 Å². The van der Waals surface area contributed by atoms with Crippen LogP contribution in [-0.2, 0) is 4.79 Å². The highest BCUT2D eigenvalue weighted by molar-refractivity contribution is 5.87. The molecule has 0 atom stereocenters. The molecule has 0 bridgehead atoms. The maximum atomic E-state index is 11.8. The predicted octanol–water partition coefficient (Wildman–Crippen LogP) is 2.80. The van der Waals surface area contributed by atoms with Gasteiger partial charge < -0.3 is 4.90 Å². The highest BCUT2D eigenvalue weighted by Crippen LogP contribution is 2.30. The lowest BCUT2D eigenvalue weighted by atomic mass is 10.2. The zero-order valence-electron chi connectivity index (χ0n) is 10.1. The van der Waals surface area contributed by atoms with Crippen LogP contribution >= 0.6 is 0 Å². The Morgan fingerprint density at radius 3 is 2.44 bits per heavy atom. The minimum atomic E-state index is 0.361. The molecular formula is C14H19NO. The molecule has 1 aromatic carbocycles. The summed E-state index contributed by atoms with van der Waals surface area (Å²) in [5.74, 6) is 0.766. The summed E-state index contributed by atoms with van der Waals surface area (Å²) < 4.78 is 0. The van der Waals surface area contributed by atoms with Gasteiger partial charge in [0, 0.05) is 18.2 Å². The van der Waals surface area contributed by atoms with E-state index in [0.717, 1.165) is 25.1 Å². The van der Waals surface area contributed by atoms with E-state index in [9.17, 15) is 4.79 Å². The molecular weight excluding hydrogens is 198 g/mol. The number of rotatable bonds is 5. The molecule has 0 aromatic heterocycles. The summed E-state index contributed by atoms with van der Waals surface area (Å²) >= 11 is 0. The minimum Gasteiger partial charge on any atom is -0.364 e. The van der Waals surface area contributed by atoms with Crippen molar-refractivity contribution < 1.29 is 4.79 Å². The fraction of sp³-hybridized carbons (Fsp3) is 0.500. The van der Waals surface area contributed by atoms with Gasteiger partial charge in [-0.25, -0.2) is 0 Å². The highest BCUT2D eigenvalue weighted by atomic mass is 16.1. The Bertz CT molecular complexity index is 365. The molecule has 0 radical (unpaired) electrons. The monoisotopic (exact) mass is 217 g/mol. The number of benzene rings is 1. The van der Waals surface area contributed by atoms with Gasteiger partial charge in [0.1, 0.15) is 0 Å². The number of aryl methyl sites for hydroxylation is 1. The summed E-state index contributed by atoms with van der Waals surface area (Å²) in [5.41, 5.74) is 2.41. The molecule has 2 rings (SSSR count). The van der Waals surface area contributed by atoms with Crippen molar-refractivity contribution in [2.75, 3.05) is 18.0 Å². The van der Waals surface area contributed by atoms with Crippen LogP contribution in [0.15, 0.2) is 24.3 Å². The zero-order chi connectivity index (χ0) is 11.5. The lowest BCUT2D eigenvalue weighted by molar-refractivity contribution is -0.118. The van der Waals surface area contributed by atoms with Crippen molar-refractivity contribution in [1.82, 2.24) is 0 Å². The van der Waals surface area contributed by atoms with Gasteiger partial charge in [-0.2, -0.15) is 0 Å². The van der Waals surface area contributed by atoms with Crippen LogP contribution in [-0.4, -0.2) is 18.9 Å². The van der Waals surface area contributed by atoms with Gasteiger partial charge >= 0.3 is 0 Å². The predicted molar refractivity (Wildman–Crippen MR) is 66.8 cm³/mol. The molecule has 0 unspecified atom stereocenters. The molecule has 1 aliphatic rings. The van der Waals surface area contributed by atoms with Crippen LogP contribution in [0.3, 0.4) is 0 Å². The van der Waals surface area contributed by atoms with Gasteiger partial charge in [0.2, 0.25) is 0 Å². The van der Waals surface area contributed by atoms with Crippen molar-refractivity contribution >= 4 is 11.5 Å². The summed E-state index contributed by atoms with van der Waals surface area (Å²) in [4.78, 5) is 13.9. The van der Waals surface area contributed by atoms with Gasteiger partial charge in [0.15, 0.2) is 5.78 Å². The molecule has 1 aromatic rings. The molecule has 0 spiro atoms. The van der Waals surface area contributed by atoms with E-state index in [-0.39, 0.29) is 0 Å². The lowest BCUT2D eigenvalue weighted by Gasteiger charge is -2.22. The summed E-state index contributed by atoms with van der Waals surface area (Å²) in [6.07, 6.45) is 2.20. The Kier molecular flexibility index (Phi) is 3.28. The Labute approximate surface area is 97.3 Å². The van der Waals surface area contributed by atoms with Crippen LogP contribution < -0.4 is 4.90 Å². The van der Waals surface area contributed by atoms with Gasteiger partial charge in [-0.15, -0.1) is 0 Å². The first-order chi connectivity index (χ1) is 7.70. The molecule has 86 valence electrons. The van der Waals surface area contributed by atoms with Gasteiger partial charge in [0.25, 0.3) is 0 Å². The van der Waals surface area contributed by atoms with Gasteiger partial charge in [-0.3, -0.25) is 4.79 Å². The van der Waals surface area contributed by atoms with Crippen molar-refractivity contribution in [3.8, 4) is 0 Å². The molecule has 1 aliphatic carbocycles. The van der Waals surface area contributed by atoms with E-state index in [0.29, 0.717) is 18.2 Å². The largest absolute Gasteiger partial charge is 0.364 e. The van der Waals surface area contributed by atoms with Gasteiger partial charge in [-0.05, 0) is 38.8 Å². The van der Waals surface area contributed by atoms with Crippen LogP contribution in [0.5, 0.6) is 0 Å².